The highest BCUT2D eigenvalue weighted by Gasteiger charge is 2.27. The van der Waals surface area contributed by atoms with E-state index >= 15 is 0 Å². The van der Waals surface area contributed by atoms with E-state index in [-0.39, 0.29) is 18.0 Å². The fourth-order valence-corrected chi connectivity index (χ4v) is 5.87. The van der Waals surface area contributed by atoms with Gasteiger partial charge in [-0.15, -0.1) is 22.7 Å². The summed E-state index contributed by atoms with van der Waals surface area (Å²) in [6.45, 7) is 3.26. The van der Waals surface area contributed by atoms with Gasteiger partial charge in [0.05, 0.1) is 10.6 Å². The molecule has 1 aliphatic heterocycles. The molecule has 156 valence electrons. The lowest BCUT2D eigenvalue weighted by molar-refractivity contribution is 0.0920. The second kappa shape index (κ2) is 9.26. The number of aryl methyl sites for hydroxylation is 1. The van der Waals surface area contributed by atoms with Crippen LogP contribution in [0.3, 0.4) is 0 Å². The Morgan fingerprint density at radius 3 is 2.48 bits per heavy atom. The van der Waals surface area contributed by atoms with Crippen LogP contribution in [0.4, 0.5) is 4.79 Å². The lowest BCUT2D eigenvalue weighted by Gasteiger charge is -2.34. The second-order valence-electron chi connectivity index (χ2n) is 7.93. The molecule has 2 aromatic heterocycles. The Labute approximate surface area is 179 Å². The molecule has 29 heavy (non-hydrogen) atoms. The van der Waals surface area contributed by atoms with Gasteiger partial charge in [-0.05, 0) is 44.1 Å². The van der Waals surface area contributed by atoms with Crippen molar-refractivity contribution in [2.45, 2.75) is 64.0 Å². The van der Waals surface area contributed by atoms with Crippen LogP contribution < -0.4 is 10.6 Å². The number of aromatic nitrogens is 1. The molecule has 1 aliphatic carbocycles. The molecule has 0 bridgehead atoms. The lowest BCUT2D eigenvalue weighted by Crippen LogP contribution is -2.51. The summed E-state index contributed by atoms with van der Waals surface area (Å²) in [4.78, 5) is 33.5. The van der Waals surface area contributed by atoms with E-state index in [2.05, 4.69) is 15.6 Å². The highest BCUT2D eigenvalue weighted by molar-refractivity contribution is 7.22. The minimum Gasteiger partial charge on any atom is -0.348 e. The molecule has 6 nitrogen and oxygen atoms in total. The standard InChI is InChI=1S/C21H28N4O2S2/c1-14-18(29-20(22-14)17-8-5-13-28-17)19(26)23-16-9-11-25(12-10-16)21(27)24-15-6-3-2-4-7-15/h5,8,13,15-16H,2-4,6-7,9-12H2,1H3,(H,23,26)(H,24,27). The molecule has 2 N–H and O–H groups in total. The van der Waals surface area contributed by atoms with E-state index < -0.39 is 0 Å². The monoisotopic (exact) mass is 432 g/mol. The van der Waals surface area contributed by atoms with Gasteiger partial charge in [-0.25, -0.2) is 9.78 Å². The number of piperidine rings is 1. The Morgan fingerprint density at radius 2 is 1.79 bits per heavy atom. The molecule has 4 rings (SSSR count). The molecule has 1 saturated carbocycles. The van der Waals surface area contributed by atoms with Crippen LogP contribution in [0.1, 0.15) is 60.3 Å². The maximum atomic E-state index is 12.8. The number of urea groups is 1. The predicted octanol–water partition coefficient (Wildman–Crippen LogP) is 4.42. The van der Waals surface area contributed by atoms with E-state index in [1.54, 1.807) is 11.3 Å². The smallest absolute Gasteiger partial charge is 0.317 e. The van der Waals surface area contributed by atoms with Crippen molar-refractivity contribution >= 4 is 34.6 Å². The minimum atomic E-state index is -0.0482. The first kappa shape index (κ1) is 20.3. The topological polar surface area (TPSA) is 74.3 Å². The third-order valence-corrected chi connectivity index (χ3v) is 7.98. The zero-order chi connectivity index (χ0) is 20.2. The number of thiazole rings is 1. The fraction of sp³-hybridized carbons (Fsp3) is 0.571. The molecule has 0 atom stereocenters. The number of nitrogens with one attached hydrogen (secondary N) is 2. The summed E-state index contributed by atoms with van der Waals surface area (Å²) in [6, 6.07) is 4.52. The number of rotatable bonds is 4. The summed E-state index contributed by atoms with van der Waals surface area (Å²) in [5.74, 6) is -0.0482. The first-order valence-corrected chi connectivity index (χ1v) is 12.2. The van der Waals surface area contributed by atoms with Gasteiger partial charge in [0.2, 0.25) is 0 Å². The van der Waals surface area contributed by atoms with Crippen LogP contribution >= 0.6 is 22.7 Å². The van der Waals surface area contributed by atoms with Gasteiger partial charge in [0, 0.05) is 25.2 Å². The predicted molar refractivity (Wildman–Crippen MR) is 118 cm³/mol. The average molecular weight is 433 g/mol. The minimum absolute atomic E-state index is 0.0482. The molecule has 1 saturated heterocycles. The van der Waals surface area contributed by atoms with Crippen LogP contribution in [-0.4, -0.2) is 47.0 Å². The van der Waals surface area contributed by atoms with Crippen molar-refractivity contribution in [3.05, 3.63) is 28.1 Å². The molecule has 0 aromatic carbocycles. The Hall–Kier alpha value is -1.93. The zero-order valence-electron chi connectivity index (χ0n) is 16.8. The molecule has 3 heterocycles. The molecular weight excluding hydrogens is 404 g/mol. The molecule has 8 heteroatoms. The number of hydrogen-bond donors (Lipinski definition) is 2. The van der Waals surface area contributed by atoms with Crippen molar-refractivity contribution in [1.82, 2.24) is 20.5 Å². The lowest BCUT2D eigenvalue weighted by atomic mass is 9.95. The highest BCUT2D eigenvalue weighted by atomic mass is 32.1. The van der Waals surface area contributed by atoms with Gasteiger partial charge >= 0.3 is 6.03 Å². The Kier molecular flexibility index (Phi) is 6.50. The van der Waals surface area contributed by atoms with Crippen LogP contribution in [-0.2, 0) is 0 Å². The van der Waals surface area contributed by atoms with Crippen LogP contribution in [0.2, 0.25) is 0 Å². The van der Waals surface area contributed by atoms with E-state index in [1.165, 1.54) is 30.6 Å². The van der Waals surface area contributed by atoms with Crippen molar-refractivity contribution in [2.24, 2.45) is 0 Å². The Balaban J connectivity index is 1.27. The van der Waals surface area contributed by atoms with Gasteiger partial charge in [0.1, 0.15) is 9.88 Å². The van der Waals surface area contributed by atoms with Gasteiger partial charge in [-0.3, -0.25) is 4.79 Å². The highest BCUT2D eigenvalue weighted by Crippen LogP contribution is 2.31. The summed E-state index contributed by atoms with van der Waals surface area (Å²) in [5, 5.41) is 9.26. The first-order valence-electron chi connectivity index (χ1n) is 10.5. The van der Waals surface area contributed by atoms with Gasteiger partial charge in [0.25, 0.3) is 5.91 Å². The maximum absolute atomic E-state index is 12.8. The van der Waals surface area contributed by atoms with Crippen molar-refractivity contribution in [2.75, 3.05) is 13.1 Å². The molecule has 0 unspecified atom stereocenters. The van der Waals surface area contributed by atoms with E-state index in [4.69, 9.17) is 0 Å². The second-order valence-corrected chi connectivity index (χ2v) is 9.88. The van der Waals surface area contributed by atoms with E-state index in [0.29, 0.717) is 24.0 Å². The quantitative estimate of drug-likeness (QED) is 0.751. The summed E-state index contributed by atoms with van der Waals surface area (Å²) >= 11 is 3.08. The number of hydrogen-bond acceptors (Lipinski definition) is 5. The number of amides is 3. The van der Waals surface area contributed by atoms with Crippen LogP contribution in [0.15, 0.2) is 17.5 Å². The van der Waals surface area contributed by atoms with E-state index in [0.717, 1.165) is 41.3 Å². The first-order chi connectivity index (χ1) is 14.1. The third-order valence-electron chi connectivity index (χ3n) is 5.78. The molecule has 2 fully saturated rings. The van der Waals surface area contributed by atoms with Crippen molar-refractivity contribution in [3.8, 4) is 9.88 Å². The number of carbonyl (C=O) groups excluding carboxylic acids is 2. The number of thiophene rings is 1. The van der Waals surface area contributed by atoms with Crippen LogP contribution in [0, 0.1) is 6.92 Å². The number of likely N-dealkylation sites (tertiary alicyclic amines) is 1. The van der Waals surface area contributed by atoms with Crippen LogP contribution in [0.25, 0.3) is 9.88 Å². The molecule has 2 aromatic rings. The van der Waals surface area contributed by atoms with Crippen LogP contribution in [0.5, 0.6) is 0 Å². The normalized spacial score (nSPS) is 18.6. The SMILES string of the molecule is Cc1nc(-c2cccs2)sc1C(=O)NC1CCN(C(=O)NC2CCCCC2)CC1. The summed E-state index contributed by atoms with van der Waals surface area (Å²) < 4.78 is 0. The Bertz CT molecular complexity index is 835. The van der Waals surface area contributed by atoms with Gasteiger partial charge in [0.15, 0.2) is 0 Å². The van der Waals surface area contributed by atoms with Gasteiger partial charge in [-0.2, -0.15) is 0 Å². The molecule has 2 aliphatic rings. The van der Waals surface area contributed by atoms with Gasteiger partial charge in [-0.1, -0.05) is 25.3 Å². The summed E-state index contributed by atoms with van der Waals surface area (Å²) in [6.07, 6.45) is 7.48. The molecule has 3 amide bonds. The number of carbonyl (C=O) groups is 2. The zero-order valence-corrected chi connectivity index (χ0v) is 18.4. The molecular formula is C21H28N4O2S2. The summed E-state index contributed by atoms with van der Waals surface area (Å²) in [7, 11) is 0. The third kappa shape index (κ3) is 4.98. The van der Waals surface area contributed by atoms with Crippen molar-refractivity contribution < 1.29 is 9.59 Å². The van der Waals surface area contributed by atoms with E-state index in [1.807, 2.05) is 29.3 Å². The molecule has 0 spiro atoms. The average Bonchev–Trinajstić information content (AvgIpc) is 3.39. The Morgan fingerprint density at radius 1 is 1.07 bits per heavy atom. The summed E-state index contributed by atoms with van der Waals surface area (Å²) in [5.41, 5.74) is 0.778. The largest absolute Gasteiger partial charge is 0.348 e. The van der Waals surface area contributed by atoms with E-state index in [9.17, 15) is 9.59 Å². The van der Waals surface area contributed by atoms with Crippen molar-refractivity contribution in [3.63, 3.8) is 0 Å². The molecule has 0 radical (unpaired) electrons. The fourth-order valence-electron chi connectivity index (χ4n) is 4.10. The maximum Gasteiger partial charge on any atom is 0.317 e. The van der Waals surface area contributed by atoms with Crippen molar-refractivity contribution in [1.29, 1.82) is 0 Å². The number of nitrogens with zero attached hydrogens (tertiary/aromatic N) is 2. The van der Waals surface area contributed by atoms with Gasteiger partial charge < -0.3 is 15.5 Å².